The van der Waals surface area contributed by atoms with Crippen LogP contribution in [0.1, 0.15) is 43.9 Å². The Balaban J connectivity index is 1.13. The summed E-state index contributed by atoms with van der Waals surface area (Å²) in [5.74, 6) is -0.430. The number of fused-ring (bicyclic) bond motifs is 2. The van der Waals surface area contributed by atoms with E-state index in [0.717, 1.165) is 64.5 Å². The summed E-state index contributed by atoms with van der Waals surface area (Å²) >= 11 is 0. The molecule has 0 aromatic heterocycles. The quantitative estimate of drug-likeness (QED) is 0.113. The lowest BCUT2D eigenvalue weighted by atomic mass is 9.92. The minimum Gasteiger partial charge on any atom is -0.343 e. The molecule has 0 saturated carbocycles. The van der Waals surface area contributed by atoms with Gasteiger partial charge in [0.05, 0.1) is 23.2 Å². The molecule has 0 radical (unpaired) electrons. The topological polar surface area (TPSA) is 58.2 Å². The Labute approximate surface area is 388 Å². The van der Waals surface area contributed by atoms with E-state index in [-0.39, 0.29) is 11.8 Å². The summed E-state index contributed by atoms with van der Waals surface area (Å²) in [6.45, 7) is 0. The standard InChI is InChI=1S/C60H46N2O2P2/c63-59(55-51-37-21-19-23-43(51)39-41-53(55)65(47-29-11-3-12-30-47)48-31-13-4-14-32-48)61-57(45-25-7-1-8-26-45)58(46-27-9-2-10-28-46)62-60(64)56-52-38-22-20-24-44(52)40-42-54(56)66(49-33-15-5-16-34-49)50-35-17-6-18-36-50/h1-42,57-58H,(H,61,63)(H,62,64). The lowest BCUT2D eigenvalue weighted by Gasteiger charge is -2.32. The van der Waals surface area contributed by atoms with Gasteiger partial charge in [-0.25, -0.2) is 0 Å². The summed E-state index contributed by atoms with van der Waals surface area (Å²) in [7, 11) is -2.30. The second-order valence-corrected chi connectivity index (χ2v) is 20.5. The van der Waals surface area contributed by atoms with Gasteiger partial charge in [-0.15, -0.1) is 0 Å². The van der Waals surface area contributed by atoms with E-state index in [1.165, 1.54) is 0 Å². The summed E-state index contributed by atoms with van der Waals surface area (Å²) in [6.07, 6.45) is 0. The molecule has 10 aromatic rings. The summed E-state index contributed by atoms with van der Waals surface area (Å²) in [5.41, 5.74) is 2.98. The fraction of sp³-hybridized carbons (Fsp3) is 0.0333. The van der Waals surface area contributed by atoms with Crippen LogP contribution in [0.2, 0.25) is 0 Å². The van der Waals surface area contributed by atoms with Crippen LogP contribution >= 0.6 is 15.8 Å². The molecule has 2 atom stereocenters. The van der Waals surface area contributed by atoms with Gasteiger partial charge in [-0.1, -0.05) is 255 Å². The number of carbonyl (C=O) groups excluding carboxylic acids is 2. The van der Waals surface area contributed by atoms with E-state index < -0.39 is 27.9 Å². The first-order valence-electron chi connectivity index (χ1n) is 22.2. The van der Waals surface area contributed by atoms with Crippen LogP contribution < -0.4 is 42.5 Å². The molecule has 0 fully saturated rings. The summed E-state index contributed by atoms with van der Waals surface area (Å²) in [5, 5.41) is 17.4. The fourth-order valence-electron chi connectivity index (χ4n) is 9.00. The van der Waals surface area contributed by atoms with Crippen molar-refractivity contribution < 1.29 is 9.59 Å². The van der Waals surface area contributed by atoms with Gasteiger partial charge in [0.15, 0.2) is 0 Å². The molecule has 10 aromatic carbocycles. The largest absolute Gasteiger partial charge is 0.343 e. The van der Waals surface area contributed by atoms with E-state index in [1.54, 1.807) is 0 Å². The van der Waals surface area contributed by atoms with Gasteiger partial charge in [-0.2, -0.15) is 0 Å². The third kappa shape index (κ3) is 8.82. The number of carbonyl (C=O) groups is 2. The lowest BCUT2D eigenvalue weighted by molar-refractivity contribution is 0.0884. The molecule has 2 unspecified atom stereocenters. The maximum absolute atomic E-state index is 15.7. The monoisotopic (exact) mass is 888 g/mol. The minimum atomic E-state index is -1.15. The summed E-state index contributed by atoms with van der Waals surface area (Å²) < 4.78 is 0. The molecule has 0 heterocycles. The average Bonchev–Trinajstić information content (AvgIpc) is 3.39. The van der Waals surface area contributed by atoms with Crippen molar-refractivity contribution in [1.82, 2.24) is 10.6 Å². The van der Waals surface area contributed by atoms with Crippen molar-refractivity contribution in [2.75, 3.05) is 0 Å². The van der Waals surface area contributed by atoms with Crippen molar-refractivity contribution in [2.45, 2.75) is 12.1 Å². The van der Waals surface area contributed by atoms with Gasteiger partial charge in [0.2, 0.25) is 0 Å². The molecule has 0 aliphatic rings. The number of nitrogens with one attached hydrogen (secondary N) is 2. The van der Waals surface area contributed by atoms with Crippen LogP contribution in [0.25, 0.3) is 21.5 Å². The van der Waals surface area contributed by atoms with Crippen LogP contribution in [0.3, 0.4) is 0 Å². The Hall–Kier alpha value is -7.48. The van der Waals surface area contributed by atoms with E-state index in [2.05, 4.69) is 144 Å². The Morgan fingerprint density at radius 1 is 0.303 bits per heavy atom. The van der Waals surface area contributed by atoms with Gasteiger partial charge in [-0.3, -0.25) is 9.59 Å². The maximum atomic E-state index is 15.7. The average molecular weight is 889 g/mol. The van der Waals surface area contributed by atoms with Gasteiger partial charge in [0.25, 0.3) is 11.8 Å². The number of rotatable bonds is 13. The van der Waals surface area contributed by atoms with Crippen LogP contribution in [-0.4, -0.2) is 11.8 Å². The molecule has 0 spiro atoms. The zero-order valence-corrected chi connectivity index (χ0v) is 37.9. The normalized spacial score (nSPS) is 12.2. The molecule has 0 aliphatic heterocycles. The molecule has 2 amide bonds. The van der Waals surface area contributed by atoms with Gasteiger partial charge >= 0.3 is 0 Å². The van der Waals surface area contributed by atoms with Crippen LogP contribution in [0.4, 0.5) is 0 Å². The first-order valence-corrected chi connectivity index (χ1v) is 24.9. The molecule has 10 rings (SSSR count). The van der Waals surface area contributed by atoms with Crippen molar-refractivity contribution in [3.05, 3.63) is 277 Å². The molecule has 0 aliphatic carbocycles. The number of hydrogen-bond acceptors (Lipinski definition) is 2. The molecule has 6 heteroatoms. The lowest BCUT2D eigenvalue weighted by Crippen LogP contribution is -2.43. The van der Waals surface area contributed by atoms with Crippen LogP contribution in [-0.2, 0) is 0 Å². The zero-order valence-electron chi connectivity index (χ0n) is 36.1. The highest BCUT2D eigenvalue weighted by molar-refractivity contribution is 7.80. The zero-order chi connectivity index (χ0) is 44.7. The first kappa shape index (κ1) is 42.5. The Kier molecular flexibility index (Phi) is 12.7. The second-order valence-electron chi connectivity index (χ2n) is 16.1. The highest BCUT2D eigenvalue weighted by atomic mass is 31.1. The van der Waals surface area contributed by atoms with E-state index in [9.17, 15) is 0 Å². The van der Waals surface area contributed by atoms with Crippen LogP contribution in [0, 0.1) is 0 Å². The SMILES string of the molecule is O=C(NC(c1ccccc1)C(NC(=O)c1c(P(c2ccccc2)c2ccccc2)ccc2ccccc12)c1ccccc1)c1c(P(c2ccccc2)c2ccccc2)ccc2ccccc12. The van der Waals surface area contributed by atoms with E-state index in [1.807, 2.05) is 121 Å². The minimum absolute atomic E-state index is 0.215. The van der Waals surface area contributed by atoms with Crippen LogP contribution in [0.15, 0.2) is 255 Å². The van der Waals surface area contributed by atoms with Crippen molar-refractivity contribution in [1.29, 1.82) is 0 Å². The maximum Gasteiger partial charge on any atom is 0.253 e. The molecule has 0 saturated heterocycles. The second kappa shape index (κ2) is 19.7. The third-order valence-electron chi connectivity index (χ3n) is 12.0. The smallest absolute Gasteiger partial charge is 0.253 e. The van der Waals surface area contributed by atoms with Crippen molar-refractivity contribution >= 4 is 81.0 Å². The van der Waals surface area contributed by atoms with Crippen LogP contribution in [0.5, 0.6) is 0 Å². The van der Waals surface area contributed by atoms with Gasteiger partial charge < -0.3 is 10.6 Å². The summed E-state index contributed by atoms with van der Waals surface area (Å²) in [4.78, 5) is 31.5. The predicted molar refractivity (Wildman–Crippen MR) is 279 cm³/mol. The highest BCUT2D eigenvalue weighted by Crippen LogP contribution is 2.39. The Morgan fingerprint density at radius 2 is 0.576 bits per heavy atom. The van der Waals surface area contributed by atoms with Crippen molar-refractivity contribution in [3.63, 3.8) is 0 Å². The molecule has 0 bridgehead atoms. The number of hydrogen-bond donors (Lipinski definition) is 2. The predicted octanol–water partition coefficient (Wildman–Crippen LogP) is 11.2. The van der Waals surface area contributed by atoms with E-state index in [0.29, 0.717) is 11.1 Å². The van der Waals surface area contributed by atoms with E-state index in [4.69, 9.17) is 0 Å². The highest BCUT2D eigenvalue weighted by Gasteiger charge is 2.33. The molecule has 318 valence electrons. The van der Waals surface area contributed by atoms with Crippen molar-refractivity contribution in [2.24, 2.45) is 0 Å². The number of benzene rings is 10. The Bertz CT molecular complexity index is 2950. The molecule has 66 heavy (non-hydrogen) atoms. The number of amides is 2. The Morgan fingerprint density at radius 3 is 0.894 bits per heavy atom. The fourth-order valence-corrected chi connectivity index (χ4v) is 13.9. The third-order valence-corrected chi connectivity index (χ3v) is 17.0. The van der Waals surface area contributed by atoms with Gasteiger partial charge in [0.1, 0.15) is 0 Å². The van der Waals surface area contributed by atoms with Gasteiger partial charge in [0, 0.05) is 0 Å². The van der Waals surface area contributed by atoms with Gasteiger partial charge in [-0.05, 0) is 80.3 Å². The molecular weight excluding hydrogens is 843 g/mol. The molecule has 4 nitrogen and oxygen atoms in total. The van der Waals surface area contributed by atoms with Crippen molar-refractivity contribution in [3.8, 4) is 0 Å². The first-order chi connectivity index (χ1) is 32.6. The van der Waals surface area contributed by atoms with E-state index >= 15 is 9.59 Å². The molecular formula is C60H46N2O2P2. The molecule has 2 N–H and O–H groups in total. The summed E-state index contributed by atoms with van der Waals surface area (Å²) in [6, 6.07) is 85.4.